The van der Waals surface area contributed by atoms with Gasteiger partial charge >= 0.3 is 6.18 Å². The van der Waals surface area contributed by atoms with E-state index in [1.807, 2.05) is 0 Å². The Morgan fingerprint density at radius 3 is 2.38 bits per heavy atom. The van der Waals surface area contributed by atoms with Gasteiger partial charge in [0.25, 0.3) is 5.91 Å². The van der Waals surface area contributed by atoms with Crippen molar-refractivity contribution >= 4 is 21.6 Å². The summed E-state index contributed by atoms with van der Waals surface area (Å²) in [6, 6.07) is 9.28. The van der Waals surface area contributed by atoms with Crippen LogP contribution in [0.15, 0.2) is 48.5 Å². The van der Waals surface area contributed by atoms with Gasteiger partial charge in [-0.25, -0.2) is 17.5 Å². The SMILES string of the molecule is CC(NC(=O)c1nnn(-c2ccc(F)cc2)c1C(F)(F)F)c1cccc(NS(C)(=O)=O)c1. The molecule has 0 aliphatic heterocycles. The number of halogens is 4. The monoisotopic (exact) mass is 471 g/mol. The average molecular weight is 471 g/mol. The second-order valence-electron chi connectivity index (χ2n) is 6.87. The minimum absolute atomic E-state index is 0.127. The summed E-state index contributed by atoms with van der Waals surface area (Å²) in [4.78, 5) is 12.6. The molecule has 2 aromatic carbocycles. The van der Waals surface area contributed by atoms with Crippen molar-refractivity contribution in [1.82, 2.24) is 20.3 Å². The molecule has 0 aliphatic rings. The molecule has 1 aromatic heterocycles. The lowest BCUT2D eigenvalue weighted by atomic mass is 10.1. The topological polar surface area (TPSA) is 106 Å². The van der Waals surface area contributed by atoms with Crippen molar-refractivity contribution in [2.24, 2.45) is 0 Å². The fourth-order valence-electron chi connectivity index (χ4n) is 2.89. The normalized spacial score (nSPS) is 12.9. The lowest BCUT2D eigenvalue weighted by molar-refractivity contribution is -0.143. The fraction of sp³-hybridized carbons (Fsp3) is 0.211. The van der Waals surface area contributed by atoms with Crippen molar-refractivity contribution < 1.29 is 30.8 Å². The molecule has 2 N–H and O–H groups in total. The number of amides is 1. The molecule has 1 amide bonds. The smallest absolute Gasteiger partial charge is 0.344 e. The second kappa shape index (κ2) is 8.57. The largest absolute Gasteiger partial charge is 0.435 e. The van der Waals surface area contributed by atoms with Gasteiger partial charge in [-0.1, -0.05) is 17.3 Å². The molecule has 0 bridgehead atoms. The van der Waals surface area contributed by atoms with Crippen LogP contribution in [0.5, 0.6) is 0 Å². The van der Waals surface area contributed by atoms with Crippen LogP contribution in [0.3, 0.4) is 0 Å². The third-order valence-electron chi connectivity index (χ3n) is 4.26. The van der Waals surface area contributed by atoms with Gasteiger partial charge in [0.15, 0.2) is 11.4 Å². The number of nitrogens with one attached hydrogen (secondary N) is 2. The van der Waals surface area contributed by atoms with E-state index in [9.17, 15) is 30.8 Å². The van der Waals surface area contributed by atoms with Crippen LogP contribution >= 0.6 is 0 Å². The highest BCUT2D eigenvalue weighted by atomic mass is 32.2. The Kier molecular flexibility index (Phi) is 6.21. The summed E-state index contributed by atoms with van der Waals surface area (Å²) < 4.78 is 79.7. The molecule has 3 rings (SSSR count). The highest BCUT2D eigenvalue weighted by molar-refractivity contribution is 7.92. The first-order valence-electron chi connectivity index (χ1n) is 9.02. The highest BCUT2D eigenvalue weighted by Crippen LogP contribution is 2.33. The average Bonchev–Trinajstić information content (AvgIpc) is 3.13. The number of rotatable bonds is 6. The van der Waals surface area contributed by atoms with Crippen molar-refractivity contribution in [3.05, 3.63) is 71.3 Å². The number of aromatic nitrogens is 3. The minimum atomic E-state index is -4.98. The predicted octanol–water partition coefficient (Wildman–Crippen LogP) is 3.29. The zero-order valence-electron chi connectivity index (χ0n) is 16.7. The molecule has 1 heterocycles. The molecule has 32 heavy (non-hydrogen) atoms. The molecular formula is C19H17F4N5O3S. The molecule has 8 nitrogen and oxygen atoms in total. The van der Waals surface area contributed by atoms with E-state index in [1.165, 1.54) is 25.1 Å². The first-order chi connectivity index (χ1) is 14.8. The molecular weight excluding hydrogens is 454 g/mol. The zero-order chi connectivity index (χ0) is 23.7. The lowest BCUT2D eigenvalue weighted by Gasteiger charge is -2.16. The van der Waals surface area contributed by atoms with Crippen LogP contribution in [0.2, 0.25) is 0 Å². The summed E-state index contributed by atoms with van der Waals surface area (Å²) in [6.07, 6.45) is -4.01. The van der Waals surface area contributed by atoms with Crippen LogP contribution in [-0.4, -0.2) is 35.6 Å². The van der Waals surface area contributed by atoms with Gasteiger partial charge in [0.05, 0.1) is 18.0 Å². The maximum absolute atomic E-state index is 13.7. The van der Waals surface area contributed by atoms with Crippen LogP contribution in [0.4, 0.5) is 23.2 Å². The van der Waals surface area contributed by atoms with E-state index < -0.39 is 45.4 Å². The third-order valence-corrected chi connectivity index (χ3v) is 4.87. The van der Waals surface area contributed by atoms with E-state index in [0.717, 1.165) is 30.5 Å². The van der Waals surface area contributed by atoms with Crippen molar-refractivity contribution in [2.75, 3.05) is 11.0 Å². The van der Waals surface area contributed by atoms with E-state index in [4.69, 9.17) is 0 Å². The summed E-state index contributed by atoms with van der Waals surface area (Å²) in [5, 5.41) is 9.21. The summed E-state index contributed by atoms with van der Waals surface area (Å²) in [5.74, 6) is -1.79. The first-order valence-corrected chi connectivity index (χ1v) is 10.9. The highest BCUT2D eigenvalue weighted by Gasteiger charge is 2.42. The summed E-state index contributed by atoms with van der Waals surface area (Å²) in [6.45, 7) is 1.51. The molecule has 13 heteroatoms. The van der Waals surface area contributed by atoms with Gasteiger partial charge in [0, 0.05) is 5.69 Å². The van der Waals surface area contributed by atoms with E-state index in [2.05, 4.69) is 20.4 Å². The molecule has 0 fully saturated rings. The van der Waals surface area contributed by atoms with Gasteiger partial charge < -0.3 is 5.32 Å². The molecule has 1 atom stereocenters. The van der Waals surface area contributed by atoms with Crippen molar-refractivity contribution in [3.8, 4) is 5.69 Å². The number of carbonyl (C=O) groups excluding carboxylic acids is 1. The number of benzene rings is 2. The summed E-state index contributed by atoms with van der Waals surface area (Å²) >= 11 is 0. The fourth-order valence-corrected chi connectivity index (χ4v) is 3.44. The summed E-state index contributed by atoms with van der Waals surface area (Å²) in [5.41, 5.74) is -1.84. The van der Waals surface area contributed by atoms with Gasteiger partial charge in [-0.3, -0.25) is 9.52 Å². The molecule has 0 aliphatic carbocycles. The van der Waals surface area contributed by atoms with Crippen LogP contribution in [0.1, 0.15) is 34.7 Å². The van der Waals surface area contributed by atoms with Crippen LogP contribution in [0, 0.1) is 5.82 Å². The molecule has 0 spiro atoms. The van der Waals surface area contributed by atoms with E-state index in [-0.39, 0.29) is 11.4 Å². The Labute approximate surface area is 180 Å². The Bertz CT molecular complexity index is 1240. The maximum Gasteiger partial charge on any atom is 0.435 e. The van der Waals surface area contributed by atoms with E-state index >= 15 is 0 Å². The van der Waals surface area contributed by atoms with Crippen LogP contribution < -0.4 is 10.0 Å². The van der Waals surface area contributed by atoms with E-state index in [1.54, 1.807) is 6.07 Å². The Hall–Kier alpha value is -3.48. The number of anilines is 1. The number of carbonyl (C=O) groups is 1. The predicted molar refractivity (Wildman–Crippen MR) is 107 cm³/mol. The Morgan fingerprint density at radius 1 is 1.12 bits per heavy atom. The van der Waals surface area contributed by atoms with Gasteiger partial charge in [-0.15, -0.1) is 5.10 Å². The second-order valence-corrected chi connectivity index (χ2v) is 8.62. The zero-order valence-corrected chi connectivity index (χ0v) is 17.5. The van der Waals surface area contributed by atoms with Crippen LogP contribution in [0.25, 0.3) is 5.69 Å². The van der Waals surface area contributed by atoms with Gasteiger partial charge in [-0.05, 0) is 48.9 Å². The summed E-state index contributed by atoms with van der Waals surface area (Å²) in [7, 11) is -3.54. The van der Waals surface area contributed by atoms with Crippen molar-refractivity contribution in [2.45, 2.75) is 19.1 Å². The number of hydrogen-bond acceptors (Lipinski definition) is 5. The third kappa shape index (κ3) is 5.41. The van der Waals surface area contributed by atoms with E-state index in [0.29, 0.717) is 10.2 Å². The molecule has 0 saturated heterocycles. The maximum atomic E-state index is 13.7. The van der Waals surface area contributed by atoms with Gasteiger partial charge in [0.1, 0.15) is 5.82 Å². The molecule has 3 aromatic rings. The number of nitrogens with zero attached hydrogens (tertiary/aromatic N) is 3. The van der Waals surface area contributed by atoms with Crippen LogP contribution in [-0.2, 0) is 16.2 Å². The molecule has 0 saturated carbocycles. The lowest BCUT2D eigenvalue weighted by Crippen LogP contribution is -2.29. The minimum Gasteiger partial charge on any atom is -0.344 e. The Balaban J connectivity index is 1.90. The van der Waals surface area contributed by atoms with Crippen molar-refractivity contribution in [1.29, 1.82) is 0 Å². The quantitative estimate of drug-likeness (QED) is 0.537. The Morgan fingerprint density at radius 2 is 1.78 bits per heavy atom. The van der Waals surface area contributed by atoms with Gasteiger partial charge in [-0.2, -0.15) is 13.2 Å². The molecule has 170 valence electrons. The standard InChI is InChI=1S/C19H17F4N5O3S/c1-11(12-4-3-5-14(10-12)26-32(2,30)31)24-18(29)16-17(19(21,22)23)28(27-25-16)15-8-6-13(20)7-9-15/h3-11,26H,1-2H3,(H,24,29). The molecule has 1 unspecified atom stereocenters. The number of hydrogen-bond donors (Lipinski definition) is 2. The number of sulfonamides is 1. The van der Waals surface area contributed by atoms with Gasteiger partial charge in [0.2, 0.25) is 10.0 Å². The van der Waals surface area contributed by atoms with Crippen molar-refractivity contribution in [3.63, 3.8) is 0 Å². The number of alkyl halides is 3. The first kappa shape index (κ1) is 23.2. The molecule has 0 radical (unpaired) electrons.